The first-order chi connectivity index (χ1) is 10.3. The van der Waals surface area contributed by atoms with E-state index in [0.717, 1.165) is 43.5 Å². The average molecular weight is 289 g/mol. The molecule has 0 saturated carbocycles. The van der Waals surface area contributed by atoms with Gasteiger partial charge in [-0.1, -0.05) is 35.9 Å². The highest BCUT2D eigenvalue weighted by molar-refractivity contribution is 6.34. The van der Waals surface area contributed by atoms with E-state index < -0.39 is 0 Å². The van der Waals surface area contributed by atoms with Crippen molar-refractivity contribution in [3.8, 4) is 11.1 Å². The largest absolute Gasteiger partial charge is 0.248 e. The van der Waals surface area contributed by atoms with Crippen LogP contribution in [0.25, 0.3) is 11.1 Å². The molecule has 0 bridgehead atoms. The van der Waals surface area contributed by atoms with Crippen molar-refractivity contribution in [3.05, 3.63) is 80.8 Å². The number of hydrogen-bond acceptors (Lipinski definition) is 2. The minimum absolute atomic E-state index is 0.731. The molecule has 0 aliphatic carbocycles. The van der Waals surface area contributed by atoms with Crippen LogP contribution in [0.2, 0.25) is 5.02 Å². The maximum atomic E-state index is 6.41. The van der Waals surface area contributed by atoms with Crippen molar-refractivity contribution in [2.24, 2.45) is 9.98 Å². The second kappa shape index (κ2) is 3.80. The number of benzene rings is 3. The predicted octanol–water partition coefficient (Wildman–Crippen LogP) is 3.82. The Balaban J connectivity index is 2.03. The van der Waals surface area contributed by atoms with Crippen LogP contribution >= 0.6 is 11.6 Å². The number of hydrogen-bond donors (Lipinski definition) is 0. The van der Waals surface area contributed by atoms with Crippen LogP contribution in [-0.2, 0) is 0 Å². The van der Waals surface area contributed by atoms with Crippen LogP contribution in [-0.4, -0.2) is 0 Å². The van der Waals surface area contributed by atoms with Crippen LogP contribution in [0, 0.1) is 10.4 Å². The predicted molar refractivity (Wildman–Crippen MR) is 82.6 cm³/mol. The third kappa shape index (κ3) is 1.38. The zero-order valence-electron chi connectivity index (χ0n) is 11.0. The van der Waals surface area contributed by atoms with E-state index in [2.05, 4.69) is 23.2 Å². The van der Waals surface area contributed by atoms with E-state index in [4.69, 9.17) is 16.6 Å². The lowest BCUT2D eigenvalue weighted by Gasteiger charge is -2.04. The minimum Gasteiger partial charge on any atom is -0.248 e. The van der Waals surface area contributed by atoms with E-state index in [9.17, 15) is 0 Å². The van der Waals surface area contributed by atoms with Gasteiger partial charge in [-0.15, -0.1) is 0 Å². The molecular formula is C18H9ClN2. The molecule has 3 heteroatoms. The van der Waals surface area contributed by atoms with Crippen LogP contribution in [0.4, 0.5) is 11.4 Å². The number of nitrogens with zero attached hydrogens (tertiary/aromatic N) is 2. The van der Waals surface area contributed by atoms with Gasteiger partial charge in [-0.05, 0) is 30.3 Å². The lowest BCUT2D eigenvalue weighted by atomic mass is 10.0. The molecule has 5 rings (SSSR count). The summed E-state index contributed by atoms with van der Waals surface area (Å²) in [6.07, 6.45) is 0. The van der Waals surface area contributed by atoms with Gasteiger partial charge in [0.2, 0.25) is 0 Å². The fourth-order valence-corrected chi connectivity index (χ4v) is 3.42. The first-order valence-corrected chi connectivity index (χ1v) is 7.19. The van der Waals surface area contributed by atoms with Crippen molar-refractivity contribution >= 4 is 23.0 Å². The van der Waals surface area contributed by atoms with Crippen LogP contribution in [0.15, 0.2) is 64.6 Å². The van der Waals surface area contributed by atoms with Gasteiger partial charge in [0, 0.05) is 21.6 Å². The van der Waals surface area contributed by atoms with Crippen molar-refractivity contribution in [1.29, 1.82) is 0 Å². The minimum atomic E-state index is 0.731. The Morgan fingerprint density at radius 3 is 2.52 bits per heavy atom. The maximum Gasteiger partial charge on any atom is 0.0817 e. The van der Waals surface area contributed by atoms with E-state index in [0.29, 0.717) is 0 Å². The summed E-state index contributed by atoms with van der Waals surface area (Å²) in [5, 5.41) is 5.03. The van der Waals surface area contributed by atoms with Gasteiger partial charge in [0.05, 0.1) is 27.1 Å². The topological polar surface area (TPSA) is 24.7 Å². The van der Waals surface area contributed by atoms with Crippen molar-refractivity contribution in [3.63, 3.8) is 0 Å². The Kier molecular flexibility index (Phi) is 2.04. The normalized spacial score (nSPS) is 12.8. The molecule has 0 spiro atoms. The second-order valence-electron chi connectivity index (χ2n) is 5.23. The standard InChI is InChI=1S/C18H9ClN2/c19-12-5-3-7-14-16(12)17-15(20-14)9-8-11-10-4-1-2-6-13(10)21-18(11)17/h1-9H. The molecule has 2 aliphatic rings. The summed E-state index contributed by atoms with van der Waals surface area (Å²) in [6, 6.07) is 18.2. The van der Waals surface area contributed by atoms with Gasteiger partial charge >= 0.3 is 0 Å². The lowest BCUT2D eigenvalue weighted by molar-refractivity contribution is 1.36. The van der Waals surface area contributed by atoms with E-state index in [1.807, 2.05) is 36.4 Å². The quantitative estimate of drug-likeness (QED) is 0.414. The Hall–Kier alpha value is -2.45. The molecule has 0 amide bonds. The summed E-state index contributed by atoms with van der Waals surface area (Å²) < 4.78 is 0. The summed E-state index contributed by atoms with van der Waals surface area (Å²) in [7, 11) is 0. The highest BCUT2D eigenvalue weighted by atomic mass is 35.5. The van der Waals surface area contributed by atoms with E-state index in [1.54, 1.807) is 0 Å². The Morgan fingerprint density at radius 1 is 0.667 bits per heavy atom. The monoisotopic (exact) mass is 288 g/mol. The van der Waals surface area contributed by atoms with Gasteiger partial charge in [-0.3, -0.25) is 0 Å². The molecule has 3 aromatic carbocycles. The number of fused-ring (bicyclic) bond motifs is 6. The molecule has 0 unspecified atom stereocenters. The smallest absolute Gasteiger partial charge is 0.0817 e. The van der Waals surface area contributed by atoms with E-state index in [-0.39, 0.29) is 0 Å². The summed E-state index contributed by atoms with van der Waals surface area (Å²) >= 11 is 6.41. The number of para-hydroxylation sites is 1. The van der Waals surface area contributed by atoms with Crippen LogP contribution in [0.5, 0.6) is 0 Å². The van der Waals surface area contributed by atoms with Crippen LogP contribution in [0.1, 0.15) is 0 Å². The van der Waals surface area contributed by atoms with Gasteiger partial charge < -0.3 is 0 Å². The highest BCUT2D eigenvalue weighted by Gasteiger charge is 2.22. The SMILES string of the molecule is Clc1cccc2c1-c1c3c(ccc1=N2)=c1ccccc1=N3. The molecule has 0 fully saturated rings. The molecule has 0 aromatic heterocycles. The molecule has 0 radical (unpaired) electrons. The molecule has 0 saturated heterocycles. The summed E-state index contributed by atoms with van der Waals surface area (Å²) in [6.45, 7) is 0. The van der Waals surface area contributed by atoms with Gasteiger partial charge in [0.15, 0.2) is 0 Å². The Morgan fingerprint density at radius 2 is 1.57 bits per heavy atom. The van der Waals surface area contributed by atoms with E-state index in [1.165, 1.54) is 5.22 Å². The highest BCUT2D eigenvalue weighted by Crippen LogP contribution is 2.43. The maximum absolute atomic E-state index is 6.41. The van der Waals surface area contributed by atoms with Crippen LogP contribution < -0.4 is 10.7 Å². The first kappa shape index (κ1) is 11.2. The number of halogens is 1. The lowest BCUT2D eigenvalue weighted by Crippen LogP contribution is -2.00. The van der Waals surface area contributed by atoms with Crippen molar-refractivity contribution in [2.45, 2.75) is 0 Å². The van der Waals surface area contributed by atoms with Gasteiger partial charge in [0.25, 0.3) is 0 Å². The Bertz CT molecular complexity index is 1150. The summed E-state index contributed by atoms with van der Waals surface area (Å²) in [5.74, 6) is 0. The molecule has 2 aliphatic heterocycles. The van der Waals surface area contributed by atoms with Gasteiger partial charge in [0.1, 0.15) is 0 Å². The summed E-state index contributed by atoms with van der Waals surface area (Å²) in [5.41, 5.74) is 3.98. The van der Waals surface area contributed by atoms with Crippen molar-refractivity contribution < 1.29 is 0 Å². The molecule has 98 valence electrons. The van der Waals surface area contributed by atoms with Gasteiger partial charge in [-0.25, -0.2) is 9.98 Å². The zero-order chi connectivity index (χ0) is 14.0. The zero-order valence-corrected chi connectivity index (χ0v) is 11.7. The molecule has 2 nitrogen and oxygen atoms in total. The molecule has 21 heavy (non-hydrogen) atoms. The number of rotatable bonds is 0. The molecule has 0 N–H and O–H groups in total. The molecule has 0 atom stereocenters. The first-order valence-electron chi connectivity index (χ1n) is 6.82. The summed E-state index contributed by atoms with van der Waals surface area (Å²) in [4.78, 5) is 9.48. The molecule has 3 aromatic rings. The van der Waals surface area contributed by atoms with Crippen molar-refractivity contribution in [1.82, 2.24) is 0 Å². The average Bonchev–Trinajstić information content (AvgIpc) is 3.05. The Labute approximate surface area is 125 Å². The molecular weight excluding hydrogens is 280 g/mol. The van der Waals surface area contributed by atoms with Crippen LogP contribution in [0.3, 0.4) is 0 Å². The third-order valence-corrected chi connectivity index (χ3v) is 4.38. The van der Waals surface area contributed by atoms with E-state index >= 15 is 0 Å². The fraction of sp³-hybridized carbons (Fsp3) is 0. The van der Waals surface area contributed by atoms with Crippen molar-refractivity contribution in [2.75, 3.05) is 0 Å². The van der Waals surface area contributed by atoms with Gasteiger partial charge in [-0.2, -0.15) is 0 Å². The second-order valence-corrected chi connectivity index (χ2v) is 5.64. The third-order valence-electron chi connectivity index (χ3n) is 4.06. The molecule has 2 heterocycles. The fourth-order valence-electron chi connectivity index (χ4n) is 3.16.